The highest BCUT2D eigenvalue weighted by Gasteiger charge is 2.30. The van der Waals surface area contributed by atoms with Crippen molar-refractivity contribution < 1.29 is 31.9 Å². The fourth-order valence-electron chi connectivity index (χ4n) is 3.07. The second kappa shape index (κ2) is 9.11. The molecule has 5 nitrogen and oxygen atoms in total. The van der Waals surface area contributed by atoms with Crippen LogP contribution in [-0.4, -0.2) is 24.6 Å². The number of nitrogens with one attached hydrogen (secondary N) is 1. The fourth-order valence-corrected chi connectivity index (χ4v) is 3.07. The van der Waals surface area contributed by atoms with Gasteiger partial charge in [-0.2, -0.15) is 13.2 Å². The van der Waals surface area contributed by atoms with E-state index in [0.29, 0.717) is 17.9 Å². The van der Waals surface area contributed by atoms with Crippen molar-refractivity contribution >= 4 is 23.7 Å². The number of dihydropyridines is 1. The number of aliphatic imine (C=N–C) groups is 1. The predicted molar refractivity (Wildman–Crippen MR) is 106 cm³/mol. The normalized spacial score (nSPS) is 16.1. The number of benzene rings is 2. The van der Waals surface area contributed by atoms with Gasteiger partial charge in [0, 0.05) is 18.0 Å². The van der Waals surface area contributed by atoms with Gasteiger partial charge in [-0.3, -0.25) is 9.59 Å². The standard InChI is InChI=1S/C22H18F4N2O3/c1-2-31-19-11-20(29)27-12-17(19)13-6-7-14(18(23)8-13)9-21(30)28-16-5-3-4-15(10-16)22(24,25)26/h3-8,10-12,17H,2,9H2,1H3,(H,28,30). The van der Waals surface area contributed by atoms with Crippen LogP contribution in [0.3, 0.4) is 0 Å². The van der Waals surface area contributed by atoms with Gasteiger partial charge in [-0.15, -0.1) is 0 Å². The van der Waals surface area contributed by atoms with Gasteiger partial charge in [0.1, 0.15) is 11.6 Å². The van der Waals surface area contributed by atoms with Crippen molar-refractivity contribution in [1.29, 1.82) is 0 Å². The molecule has 1 aliphatic heterocycles. The van der Waals surface area contributed by atoms with Gasteiger partial charge in [-0.1, -0.05) is 18.2 Å². The predicted octanol–water partition coefficient (Wildman–Crippen LogP) is 4.64. The van der Waals surface area contributed by atoms with Gasteiger partial charge in [0.15, 0.2) is 0 Å². The maximum absolute atomic E-state index is 14.6. The Kier molecular flexibility index (Phi) is 6.53. The number of anilines is 1. The van der Waals surface area contributed by atoms with Gasteiger partial charge in [0.05, 0.1) is 24.5 Å². The van der Waals surface area contributed by atoms with Crippen LogP contribution < -0.4 is 5.32 Å². The van der Waals surface area contributed by atoms with Gasteiger partial charge >= 0.3 is 6.18 Å². The minimum Gasteiger partial charge on any atom is -0.497 e. The molecule has 2 aromatic rings. The summed E-state index contributed by atoms with van der Waals surface area (Å²) in [6.07, 6.45) is -2.30. The van der Waals surface area contributed by atoms with Gasteiger partial charge in [0.2, 0.25) is 5.91 Å². The first-order valence-corrected chi connectivity index (χ1v) is 9.35. The Labute approximate surface area is 175 Å². The third-order valence-corrected chi connectivity index (χ3v) is 4.50. The number of ether oxygens (including phenoxy) is 1. The summed E-state index contributed by atoms with van der Waals surface area (Å²) in [5.41, 5.74) is -0.382. The number of nitrogens with zero attached hydrogens (tertiary/aromatic N) is 1. The van der Waals surface area contributed by atoms with Crippen LogP contribution in [0.15, 0.2) is 59.3 Å². The van der Waals surface area contributed by atoms with Crippen LogP contribution in [-0.2, 0) is 26.9 Å². The molecule has 0 aromatic heterocycles. The summed E-state index contributed by atoms with van der Waals surface area (Å²) in [6.45, 7) is 2.07. The van der Waals surface area contributed by atoms with Crippen LogP contribution >= 0.6 is 0 Å². The van der Waals surface area contributed by atoms with E-state index in [1.54, 1.807) is 13.0 Å². The second-order valence-electron chi connectivity index (χ2n) is 6.73. The zero-order valence-corrected chi connectivity index (χ0v) is 16.4. The number of hydrogen-bond donors (Lipinski definition) is 1. The molecule has 162 valence electrons. The molecule has 1 atom stereocenters. The van der Waals surface area contributed by atoms with Gasteiger partial charge < -0.3 is 10.1 Å². The highest BCUT2D eigenvalue weighted by Crippen LogP contribution is 2.31. The summed E-state index contributed by atoms with van der Waals surface area (Å²) in [6, 6.07) is 8.39. The summed E-state index contributed by atoms with van der Waals surface area (Å²) in [5, 5.41) is 2.34. The molecule has 2 amide bonds. The second-order valence-corrected chi connectivity index (χ2v) is 6.73. The Bertz CT molecular complexity index is 1060. The van der Waals surface area contributed by atoms with E-state index in [4.69, 9.17) is 4.74 Å². The van der Waals surface area contributed by atoms with E-state index in [9.17, 15) is 27.2 Å². The molecule has 2 aromatic carbocycles. The van der Waals surface area contributed by atoms with Crippen molar-refractivity contribution in [1.82, 2.24) is 0 Å². The summed E-state index contributed by atoms with van der Waals surface area (Å²) in [5.74, 6) is -2.00. The molecule has 0 aliphatic carbocycles. The Hall–Kier alpha value is -3.49. The van der Waals surface area contributed by atoms with E-state index >= 15 is 0 Å². The Morgan fingerprint density at radius 3 is 2.65 bits per heavy atom. The minimum atomic E-state index is -4.54. The SMILES string of the molecule is CCOC1=CC(=O)N=CC1c1ccc(CC(=O)Nc2cccc(C(F)(F)F)c2)c(F)c1. The fraction of sp³-hybridized carbons (Fsp3) is 0.227. The van der Waals surface area contributed by atoms with Crippen molar-refractivity contribution in [3.8, 4) is 0 Å². The van der Waals surface area contributed by atoms with E-state index < -0.39 is 35.3 Å². The molecule has 1 aliphatic rings. The Morgan fingerprint density at radius 2 is 1.97 bits per heavy atom. The molecule has 0 saturated heterocycles. The third-order valence-electron chi connectivity index (χ3n) is 4.50. The average Bonchev–Trinajstić information content (AvgIpc) is 2.69. The monoisotopic (exact) mass is 434 g/mol. The molecule has 0 spiro atoms. The summed E-state index contributed by atoms with van der Waals surface area (Å²) in [4.78, 5) is 27.4. The molecule has 1 N–H and O–H groups in total. The minimum absolute atomic E-state index is 0.0357. The van der Waals surface area contributed by atoms with Crippen molar-refractivity contribution in [2.24, 2.45) is 4.99 Å². The maximum atomic E-state index is 14.6. The molecule has 0 saturated carbocycles. The quantitative estimate of drug-likeness (QED) is 0.674. The number of rotatable bonds is 6. The van der Waals surface area contributed by atoms with Crippen molar-refractivity contribution in [3.63, 3.8) is 0 Å². The smallest absolute Gasteiger partial charge is 0.416 e. The van der Waals surface area contributed by atoms with Gasteiger partial charge in [-0.05, 0) is 42.3 Å². The highest BCUT2D eigenvalue weighted by atomic mass is 19.4. The summed E-state index contributed by atoms with van der Waals surface area (Å²) < 4.78 is 58.4. The number of allylic oxidation sites excluding steroid dienone is 1. The number of amides is 2. The zero-order valence-electron chi connectivity index (χ0n) is 16.4. The maximum Gasteiger partial charge on any atom is 0.416 e. The van der Waals surface area contributed by atoms with E-state index in [1.165, 1.54) is 36.6 Å². The van der Waals surface area contributed by atoms with Crippen molar-refractivity contribution in [3.05, 3.63) is 76.8 Å². The zero-order chi connectivity index (χ0) is 22.6. The lowest BCUT2D eigenvalue weighted by Crippen LogP contribution is -2.17. The third kappa shape index (κ3) is 5.56. The molecule has 9 heteroatoms. The topological polar surface area (TPSA) is 67.8 Å². The van der Waals surface area contributed by atoms with Crippen molar-refractivity contribution in [2.75, 3.05) is 11.9 Å². The van der Waals surface area contributed by atoms with Crippen LogP contribution in [0.5, 0.6) is 0 Å². The number of hydrogen-bond acceptors (Lipinski definition) is 3. The lowest BCUT2D eigenvalue weighted by molar-refractivity contribution is -0.137. The molecule has 0 bridgehead atoms. The molecule has 0 radical (unpaired) electrons. The average molecular weight is 434 g/mol. The lowest BCUT2D eigenvalue weighted by atomic mass is 9.94. The molecule has 31 heavy (non-hydrogen) atoms. The van der Waals surface area contributed by atoms with Gasteiger partial charge in [-0.25, -0.2) is 9.38 Å². The van der Waals surface area contributed by atoms with E-state index in [-0.39, 0.29) is 17.7 Å². The number of carbonyl (C=O) groups excluding carboxylic acids is 2. The Balaban J connectivity index is 1.72. The molecule has 0 fully saturated rings. The summed E-state index contributed by atoms with van der Waals surface area (Å²) >= 11 is 0. The molecule has 1 heterocycles. The Morgan fingerprint density at radius 1 is 1.19 bits per heavy atom. The first kappa shape index (κ1) is 22.2. The number of alkyl halides is 3. The van der Waals surface area contributed by atoms with E-state index in [1.807, 2.05) is 0 Å². The molecule has 3 rings (SSSR count). The van der Waals surface area contributed by atoms with Crippen LogP contribution in [0.25, 0.3) is 0 Å². The highest BCUT2D eigenvalue weighted by molar-refractivity contribution is 5.99. The largest absolute Gasteiger partial charge is 0.497 e. The number of carbonyl (C=O) groups is 2. The summed E-state index contributed by atoms with van der Waals surface area (Å²) in [7, 11) is 0. The van der Waals surface area contributed by atoms with Crippen molar-refractivity contribution in [2.45, 2.75) is 25.4 Å². The van der Waals surface area contributed by atoms with E-state index in [2.05, 4.69) is 10.3 Å². The lowest BCUT2D eigenvalue weighted by Gasteiger charge is -2.19. The molecule has 1 unspecified atom stereocenters. The van der Waals surface area contributed by atoms with Crippen LogP contribution in [0.2, 0.25) is 0 Å². The molecular formula is C22H18F4N2O3. The molecular weight excluding hydrogens is 416 g/mol. The van der Waals surface area contributed by atoms with Gasteiger partial charge in [0.25, 0.3) is 5.91 Å². The first-order chi connectivity index (χ1) is 14.7. The van der Waals surface area contributed by atoms with Crippen LogP contribution in [0.4, 0.5) is 23.2 Å². The number of halogens is 4. The van der Waals surface area contributed by atoms with Crippen LogP contribution in [0.1, 0.15) is 29.5 Å². The first-order valence-electron chi connectivity index (χ1n) is 9.35. The van der Waals surface area contributed by atoms with E-state index in [0.717, 1.165) is 12.1 Å². The van der Waals surface area contributed by atoms with Crippen LogP contribution in [0, 0.1) is 5.82 Å².